The Bertz CT molecular complexity index is 416. The van der Waals surface area contributed by atoms with Crippen LogP contribution in [0.15, 0.2) is 17.1 Å². The Morgan fingerprint density at radius 3 is 2.68 bits per heavy atom. The lowest BCUT2D eigenvalue weighted by atomic mass is 10.0. The first-order valence-electron chi connectivity index (χ1n) is 6.70. The second kappa shape index (κ2) is 5.30. The molecule has 1 spiro atoms. The first kappa shape index (κ1) is 12.6. The van der Waals surface area contributed by atoms with E-state index in [0.29, 0.717) is 39.1 Å². The second-order valence-electron chi connectivity index (χ2n) is 4.97. The third-order valence-electron chi connectivity index (χ3n) is 3.77. The van der Waals surface area contributed by atoms with Crippen LogP contribution in [0.2, 0.25) is 0 Å². The van der Waals surface area contributed by atoms with Crippen LogP contribution in [-0.4, -0.2) is 47.9 Å². The van der Waals surface area contributed by atoms with Gasteiger partial charge in [-0.15, -0.1) is 0 Å². The number of carbonyl (C=O) groups is 1. The molecule has 2 aliphatic rings. The van der Waals surface area contributed by atoms with Gasteiger partial charge in [-0.2, -0.15) is 0 Å². The van der Waals surface area contributed by atoms with Crippen molar-refractivity contribution in [3.63, 3.8) is 0 Å². The summed E-state index contributed by atoms with van der Waals surface area (Å²) in [6.45, 7) is 2.75. The van der Waals surface area contributed by atoms with Gasteiger partial charge in [0.25, 0.3) is 0 Å². The number of hydrogen-bond acceptors (Lipinski definition) is 5. The third kappa shape index (κ3) is 2.79. The molecule has 0 N–H and O–H groups in total. The van der Waals surface area contributed by atoms with Crippen LogP contribution < -0.4 is 0 Å². The quantitative estimate of drug-likeness (QED) is 0.815. The maximum absolute atomic E-state index is 12.1. The first-order valence-corrected chi connectivity index (χ1v) is 6.70. The van der Waals surface area contributed by atoms with Crippen LogP contribution in [0.4, 0.5) is 0 Å². The first-order chi connectivity index (χ1) is 9.27. The normalized spacial score (nSPS) is 22.0. The molecule has 3 heterocycles. The number of hydrogen-bond donors (Lipinski definition) is 0. The molecule has 2 aliphatic heterocycles. The Morgan fingerprint density at radius 2 is 2.05 bits per heavy atom. The lowest BCUT2D eigenvalue weighted by molar-refractivity contribution is -0.187. The molecule has 0 unspecified atom stereocenters. The molecule has 0 saturated carbocycles. The van der Waals surface area contributed by atoms with Gasteiger partial charge in [0.2, 0.25) is 5.91 Å². The lowest BCUT2D eigenvalue weighted by Gasteiger charge is -2.37. The molecule has 6 heteroatoms. The van der Waals surface area contributed by atoms with Gasteiger partial charge < -0.3 is 18.8 Å². The number of piperidine rings is 1. The minimum atomic E-state index is -0.414. The Balaban J connectivity index is 1.46. The van der Waals surface area contributed by atoms with Gasteiger partial charge in [-0.1, -0.05) is 0 Å². The molecule has 1 amide bonds. The van der Waals surface area contributed by atoms with Gasteiger partial charge >= 0.3 is 0 Å². The fourth-order valence-corrected chi connectivity index (χ4v) is 2.64. The van der Waals surface area contributed by atoms with Gasteiger partial charge in [-0.05, 0) is 0 Å². The molecule has 19 heavy (non-hydrogen) atoms. The van der Waals surface area contributed by atoms with E-state index in [9.17, 15) is 4.79 Å². The van der Waals surface area contributed by atoms with Crippen LogP contribution in [0, 0.1) is 0 Å². The van der Waals surface area contributed by atoms with Crippen LogP contribution >= 0.6 is 0 Å². The molecule has 0 bridgehead atoms. The maximum atomic E-state index is 12.1. The molecule has 1 aromatic rings. The number of likely N-dealkylation sites (tertiary alicyclic amines) is 1. The van der Waals surface area contributed by atoms with Crippen LogP contribution in [0.25, 0.3) is 0 Å². The van der Waals surface area contributed by atoms with Crippen molar-refractivity contribution >= 4 is 5.91 Å². The predicted molar refractivity (Wildman–Crippen MR) is 65.3 cm³/mol. The van der Waals surface area contributed by atoms with E-state index in [4.69, 9.17) is 13.9 Å². The molecule has 1 aromatic heterocycles. The number of nitrogens with zero attached hydrogens (tertiary/aromatic N) is 2. The van der Waals surface area contributed by atoms with Crippen LogP contribution in [-0.2, 0) is 20.7 Å². The minimum absolute atomic E-state index is 0.163. The van der Waals surface area contributed by atoms with Crippen molar-refractivity contribution in [1.82, 2.24) is 9.88 Å². The van der Waals surface area contributed by atoms with Crippen molar-refractivity contribution < 1.29 is 18.7 Å². The van der Waals surface area contributed by atoms with Gasteiger partial charge in [-0.25, -0.2) is 4.98 Å². The van der Waals surface area contributed by atoms with Crippen LogP contribution in [0.5, 0.6) is 0 Å². The Labute approximate surface area is 111 Å². The smallest absolute Gasteiger partial charge is 0.222 e. The maximum Gasteiger partial charge on any atom is 0.222 e. The minimum Gasteiger partial charge on any atom is -0.451 e. The zero-order valence-corrected chi connectivity index (χ0v) is 10.8. The van der Waals surface area contributed by atoms with Crippen molar-refractivity contribution in [2.75, 3.05) is 26.3 Å². The summed E-state index contributed by atoms with van der Waals surface area (Å²) in [6.07, 6.45) is 5.61. The van der Waals surface area contributed by atoms with Crippen LogP contribution in [0.3, 0.4) is 0 Å². The van der Waals surface area contributed by atoms with Crippen molar-refractivity contribution in [3.8, 4) is 0 Å². The van der Waals surface area contributed by atoms with Crippen molar-refractivity contribution in [2.45, 2.75) is 31.5 Å². The molecule has 2 saturated heterocycles. The van der Waals surface area contributed by atoms with Crippen molar-refractivity contribution in [1.29, 1.82) is 0 Å². The lowest BCUT2D eigenvalue weighted by Crippen LogP contribution is -2.47. The highest BCUT2D eigenvalue weighted by Crippen LogP contribution is 2.31. The molecule has 3 rings (SSSR count). The molecule has 2 fully saturated rings. The van der Waals surface area contributed by atoms with E-state index < -0.39 is 5.79 Å². The number of ether oxygens (including phenoxy) is 2. The average Bonchev–Trinajstić information content (AvgIpc) is 3.09. The van der Waals surface area contributed by atoms with Gasteiger partial charge in [0, 0.05) is 38.8 Å². The monoisotopic (exact) mass is 266 g/mol. The van der Waals surface area contributed by atoms with Gasteiger partial charge in [0.15, 0.2) is 12.2 Å². The van der Waals surface area contributed by atoms with E-state index in [0.717, 1.165) is 18.5 Å². The number of rotatable bonds is 3. The third-order valence-corrected chi connectivity index (χ3v) is 3.77. The number of oxazole rings is 1. The summed E-state index contributed by atoms with van der Waals surface area (Å²) < 4.78 is 16.2. The van der Waals surface area contributed by atoms with Crippen molar-refractivity contribution in [3.05, 3.63) is 18.4 Å². The van der Waals surface area contributed by atoms with E-state index in [-0.39, 0.29) is 5.91 Å². The van der Waals surface area contributed by atoms with Crippen LogP contribution in [0.1, 0.15) is 25.0 Å². The van der Waals surface area contributed by atoms with Gasteiger partial charge in [-0.3, -0.25) is 4.79 Å². The number of carbonyl (C=O) groups excluding carboxylic acids is 1. The Kier molecular flexibility index (Phi) is 3.52. The molecule has 0 atom stereocenters. The van der Waals surface area contributed by atoms with Crippen molar-refractivity contribution in [2.24, 2.45) is 0 Å². The summed E-state index contributed by atoms with van der Waals surface area (Å²) in [5.41, 5.74) is 0.823. The number of aromatic nitrogens is 1. The highest BCUT2D eigenvalue weighted by Gasteiger charge is 2.40. The molecule has 104 valence electrons. The topological polar surface area (TPSA) is 64.8 Å². The predicted octanol–water partition coefficient (Wildman–Crippen LogP) is 0.973. The Morgan fingerprint density at radius 1 is 1.32 bits per heavy atom. The molecular weight excluding hydrogens is 248 g/mol. The zero-order chi connectivity index (χ0) is 13.1. The Hall–Kier alpha value is -1.40. The highest BCUT2D eigenvalue weighted by molar-refractivity contribution is 5.76. The molecular formula is C13H18N2O4. The SMILES string of the molecule is O=C(CCc1cocn1)N1CCC2(CC1)OCCO2. The highest BCUT2D eigenvalue weighted by atomic mass is 16.7. The van der Waals surface area contributed by atoms with E-state index in [1.807, 2.05) is 4.90 Å². The van der Waals surface area contributed by atoms with E-state index in [2.05, 4.69) is 4.98 Å². The summed E-state index contributed by atoms with van der Waals surface area (Å²) in [4.78, 5) is 18.0. The summed E-state index contributed by atoms with van der Waals surface area (Å²) in [5, 5.41) is 0. The fraction of sp³-hybridized carbons (Fsp3) is 0.692. The van der Waals surface area contributed by atoms with E-state index >= 15 is 0 Å². The zero-order valence-electron chi connectivity index (χ0n) is 10.8. The summed E-state index contributed by atoms with van der Waals surface area (Å²) in [6, 6.07) is 0. The summed E-state index contributed by atoms with van der Waals surface area (Å²) in [7, 11) is 0. The molecule has 0 aromatic carbocycles. The molecule has 0 radical (unpaired) electrons. The summed E-state index contributed by atoms with van der Waals surface area (Å²) in [5.74, 6) is -0.251. The largest absolute Gasteiger partial charge is 0.451 e. The molecule has 6 nitrogen and oxygen atoms in total. The van der Waals surface area contributed by atoms with E-state index in [1.165, 1.54) is 6.39 Å². The number of amides is 1. The summed E-state index contributed by atoms with van der Waals surface area (Å²) >= 11 is 0. The molecule has 0 aliphatic carbocycles. The second-order valence-corrected chi connectivity index (χ2v) is 4.97. The van der Waals surface area contributed by atoms with Gasteiger partial charge in [0.05, 0.1) is 18.9 Å². The fourth-order valence-electron chi connectivity index (χ4n) is 2.64. The standard InChI is InChI=1S/C13H18N2O4/c16-12(2-1-11-9-17-10-14-11)15-5-3-13(4-6-15)18-7-8-19-13/h9-10H,1-8H2. The van der Waals surface area contributed by atoms with Gasteiger partial charge in [0.1, 0.15) is 6.26 Å². The van der Waals surface area contributed by atoms with E-state index in [1.54, 1.807) is 6.26 Å². The average molecular weight is 266 g/mol. The number of aryl methyl sites for hydroxylation is 1.